The Kier molecular flexibility index (Phi) is 7.97. The smallest absolute Gasteiger partial charge is 0.277 e. The van der Waals surface area contributed by atoms with E-state index in [0.717, 1.165) is 35.1 Å². The van der Waals surface area contributed by atoms with E-state index in [-0.39, 0.29) is 4.90 Å². The standard InChI is InChI=1S/C29H31N3O5S/c1-5-6-7-26-31-28(33)27(29(34)32(26)20(3)21-8-12-23(37-4)13-9-21)38(35,36)24-14-10-22(11-15-24)25-16-17-30-18-19(25)2/h8-18,20,33H,5-7H2,1-4H3. The number of pyridine rings is 1. The van der Waals surface area contributed by atoms with Gasteiger partial charge in [-0.1, -0.05) is 37.6 Å². The van der Waals surface area contributed by atoms with E-state index in [4.69, 9.17) is 4.74 Å². The molecule has 8 nitrogen and oxygen atoms in total. The predicted octanol–water partition coefficient (Wildman–Crippen LogP) is 5.11. The zero-order valence-electron chi connectivity index (χ0n) is 21.9. The fourth-order valence-electron chi connectivity index (χ4n) is 4.46. The van der Waals surface area contributed by atoms with Gasteiger partial charge >= 0.3 is 0 Å². The molecule has 2 heterocycles. The van der Waals surface area contributed by atoms with Crippen molar-refractivity contribution in [3.63, 3.8) is 0 Å². The lowest BCUT2D eigenvalue weighted by molar-refractivity contribution is 0.411. The van der Waals surface area contributed by atoms with Crippen LogP contribution in [0.25, 0.3) is 11.1 Å². The molecular weight excluding hydrogens is 502 g/mol. The van der Waals surface area contributed by atoms with Crippen LogP contribution in [0.5, 0.6) is 11.6 Å². The molecule has 198 valence electrons. The maximum absolute atomic E-state index is 13.8. The largest absolute Gasteiger partial charge is 0.497 e. The van der Waals surface area contributed by atoms with Crippen molar-refractivity contribution < 1.29 is 18.3 Å². The molecule has 0 aliphatic rings. The van der Waals surface area contributed by atoms with E-state index in [2.05, 4.69) is 9.97 Å². The van der Waals surface area contributed by atoms with Gasteiger partial charge < -0.3 is 9.84 Å². The maximum atomic E-state index is 13.8. The molecule has 0 aliphatic heterocycles. The number of hydrogen-bond acceptors (Lipinski definition) is 7. The van der Waals surface area contributed by atoms with E-state index in [1.807, 2.05) is 32.0 Å². The molecule has 2 aromatic carbocycles. The highest BCUT2D eigenvalue weighted by molar-refractivity contribution is 7.91. The quantitative estimate of drug-likeness (QED) is 0.318. The van der Waals surface area contributed by atoms with Crippen molar-refractivity contribution in [2.75, 3.05) is 7.11 Å². The Morgan fingerprint density at radius 2 is 1.74 bits per heavy atom. The van der Waals surface area contributed by atoms with Crippen molar-refractivity contribution in [1.82, 2.24) is 14.5 Å². The number of aryl methyl sites for hydroxylation is 2. The molecule has 1 atom stereocenters. The van der Waals surface area contributed by atoms with Crippen molar-refractivity contribution in [1.29, 1.82) is 0 Å². The molecule has 9 heteroatoms. The molecule has 0 bridgehead atoms. The number of aromatic hydroxyl groups is 1. The zero-order chi connectivity index (χ0) is 27.4. The van der Waals surface area contributed by atoms with Crippen LogP contribution in [0, 0.1) is 6.92 Å². The fraction of sp³-hybridized carbons (Fsp3) is 0.276. The highest BCUT2D eigenvalue weighted by Crippen LogP contribution is 2.30. The van der Waals surface area contributed by atoms with Gasteiger partial charge in [-0.2, -0.15) is 4.98 Å². The summed E-state index contributed by atoms with van der Waals surface area (Å²) in [6.07, 6.45) is 5.39. The Bertz CT molecular complexity index is 1600. The third-order valence-electron chi connectivity index (χ3n) is 6.63. The minimum atomic E-state index is -4.37. The molecular formula is C29H31N3O5S. The summed E-state index contributed by atoms with van der Waals surface area (Å²) in [7, 11) is -2.81. The number of rotatable bonds is 9. The Morgan fingerprint density at radius 1 is 1.05 bits per heavy atom. The Hall–Kier alpha value is -3.98. The zero-order valence-corrected chi connectivity index (χ0v) is 22.7. The normalized spacial score (nSPS) is 12.3. The van der Waals surface area contributed by atoms with Gasteiger partial charge in [0, 0.05) is 18.8 Å². The van der Waals surface area contributed by atoms with Gasteiger partial charge in [0.1, 0.15) is 11.6 Å². The summed E-state index contributed by atoms with van der Waals surface area (Å²) in [6.45, 7) is 5.73. The molecule has 0 saturated carbocycles. The van der Waals surface area contributed by atoms with Gasteiger partial charge in [0.05, 0.1) is 18.0 Å². The summed E-state index contributed by atoms with van der Waals surface area (Å²) in [5.74, 6) is 0.213. The van der Waals surface area contributed by atoms with Crippen LogP contribution in [0.15, 0.2) is 81.6 Å². The first-order valence-electron chi connectivity index (χ1n) is 12.4. The summed E-state index contributed by atoms with van der Waals surface area (Å²) >= 11 is 0. The Labute approximate surface area is 222 Å². The molecule has 0 saturated heterocycles. The first-order chi connectivity index (χ1) is 18.2. The van der Waals surface area contributed by atoms with Crippen molar-refractivity contribution in [2.24, 2.45) is 0 Å². The number of aromatic nitrogens is 3. The summed E-state index contributed by atoms with van der Waals surface area (Å²) in [5, 5.41) is 10.8. The van der Waals surface area contributed by atoms with Gasteiger partial charge in [-0.25, -0.2) is 8.42 Å². The number of hydrogen-bond donors (Lipinski definition) is 1. The summed E-state index contributed by atoms with van der Waals surface area (Å²) in [6, 6.07) is 14.7. The van der Waals surface area contributed by atoms with Crippen molar-refractivity contribution in [2.45, 2.75) is 55.9 Å². The van der Waals surface area contributed by atoms with E-state index < -0.39 is 32.2 Å². The van der Waals surface area contributed by atoms with Gasteiger partial charge in [0.25, 0.3) is 5.56 Å². The van der Waals surface area contributed by atoms with Crippen LogP contribution < -0.4 is 10.3 Å². The molecule has 38 heavy (non-hydrogen) atoms. The Morgan fingerprint density at radius 3 is 2.34 bits per heavy atom. The molecule has 0 spiro atoms. The molecule has 0 fully saturated rings. The summed E-state index contributed by atoms with van der Waals surface area (Å²) < 4.78 is 33.9. The van der Waals surface area contributed by atoms with Crippen LogP contribution >= 0.6 is 0 Å². The minimum absolute atomic E-state index is 0.105. The number of sulfone groups is 1. The average molecular weight is 534 g/mol. The molecule has 4 rings (SSSR count). The van der Waals surface area contributed by atoms with Crippen LogP contribution in [0.4, 0.5) is 0 Å². The molecule has 0 amide bonds. The van der Waals surface area contributed by atoms with Crippen LogP contribution in [0.3, 0.4) is 0 Å². The van der Waals surface area contributed by atoms with E-state index in [1.165, 1.54) is 16.7 Å². The first-order valence-corrected chi connectivity index (χ1v) is 13.9. The van der Waals surface area contributed by atoms with E-state index in [9.17, 15) is 18.3 Å². The third kappa shape index (κ3) is 5.19. The predicted molar refractivity (Wildman–Crippen MR) is 145 cm³/mol. The highest BCUT2D eigenvalue weighted by Gasteiger charge is 2.31. The Balaban J connectivity index is 1.83. The van der Waals surface area contributed by atoms with Crippen molar-refractivity contribution >= 4 is 9.84 Å². The number of methoxy groups -OCH3 is 1. The molecule has 1 N–H and O–H groups in total. The number of ether oxygens (including phenoxy) is 1. The molecule has 4 aromatic rings. The average Bonchev–Trinajstić information content (AvgIpc) is 2.91. The first kappa shape index (κ1) is 27.1. The summed E-state index contributed by atoms with van der Waals surface area (Å²) in [4.78, 5) is 21.3. The van der Waals surface area contributed by atoms with Crippen molar-refractivity contribution in [3.05, 3.63) is 94.3 Å². The lowest BCUT2D eigenvalue weighted by Gasteiger charge is -2.21. The third-order valence-corrected chi connectivity index (χ3v) is 8.42. The SMILES string of the molecule is CCCCc1nc(O)c(S(=O)(=O)c2ccc(-c3ccncc3C)cc2)c(=O)n1C(C)c1ccc(OC)cc1. The van der Waals surface area contributed by atoms with Gasteiger partial charge in [-0.05, 0) is 72.9 Å². The lowest BCUT2D eigenvalue weighted by atomic mass is 10.0. The van der Waals surface area contributed by atoms with Crippen LogP contribution in [0.1, 0.15) is 49.7 Å². The number of benzene rings is 2. The van der Waals surface area contributed by atoms with E-state index in [0.29, 0.717) is 18.0 Å². The van der Waals surface area contributed by atoms with Gasteiger partial charge in [-0.15, -0.1) is 0 Å². The van der Waals surface area contributed by atoms with Gasteiger partial charge in [0.15, 0.2) is 4.90 Å². The summed E-state index contributed by atoms with van der Waals surface area (Å²) in [5.41, 5.74) is 2.65. The second-order valence-corrected chi connectivity index (χ2v) is 11.0. The second kappa shape index (κ2) is 11.2. The van der Waals surface area contributed by atoms with E-state index in [1.54, 1.807) is 50.7 Å². The highest BCUT2D eigenvalue weighted by atomic mass is 32.2. The maximum Gasteiger partial charge on any atom is 0.277 e. The van der Waals surface area contributed by atoms with Crippen LogP contribution in [0.2, 0.25) is 0 Å². The fourth-order valence-corrected chi connectivity index (χ4v) is 5.80. The molecule has 1 unspecified atom stereocenters. The topological polar surface area (TPSA) is 111 Å². The van der Waals surface area contributed by atoms with Crippen LogP contribution in [-0.4, -0.2) is 35.2 Å². The second-order valence-electron chi connectivity index (χ2n) is 9.13. The van der Waals surface area contributed by atoms with Gasteiger partial charge in [0.2, 0.25) is 15.7 Å². The number of nitrogens with zero attached hydrogens (tertiary/aromatic N) is 3. The monoisotopic (exact) mass is 533 g/mol. The molecule has 2 aromatic heterocycles. The van der Waals surface area contributed by atoms with Gasteiger partial charge in [-0.3, -0.25) is 14.3 Å². The van der Waals surface area contributed by atoms with Crippen molar-refractivity contribution in [3.8, 4) is 22.8 Å². The van der Waals surface area contributed by atoms with Crippen LogP contribution in [-0.2, 0) is 16.3 Å². The molecule has 0 radical (unpaired) electrons. The lowest BCUT2D eigenvalue weighted by Crippen LogP contribution is -2.32. The number of unbranched alkanes of at least 4 members (excludes halogenated alkanes) is 1. The van der Waals surface area contributed by atoms with E-state index >= 15 is 0 Å². The minimum Gasteiger partial charge on any atom is -0.497 e. The molecule has 0 aliphatic carbocycles.